The Morgan fingerprint density at radius 3 is 3.06 bits per heavy atom. The molecule has 0 aliphatic heterocycles. The second kappa shape index (κ2) is 5.61. The largest absolute Gasteiger partial charge is 0.348 e. The van der Waals surface area contributed by atoms with Crippen LogP contribution in [0.2, 0.25) is 0 Å². The van der Waals surface area contributed by atoms with Crippen molar-refractivity contribution in [2.24, 2.45) is 0 Å². The molecular weight excluding hydrogens is 286 g/mol. The maximum absolute atomic E-state index is 3.99. The van der Waals surface area contributed by atoms with Crippen molar-refractivity contribution in [2.45, 2.75) is 19.9 Å². The quantitative estimate of drug-likeness (QED) is 0.834. The van der Waals surface area contributed by atoms with E-state index in [1.165, 1.54) is 19.9 Å². The number of thiophene rings is 1. The fourth-order valence-corrected chi connectivity index (χ4v) is 3.03. The average molecular weight is 300 g/mol. The van der Waals surface area contributed by atoms with E-state index >= 15 is 0 Å². The Bertz CT molecular complexity index is 417. The van der Waals surface area contributed by atoms with Crippen LogP contribution in [0.4, 0.5) is 0 Å². The number of aryl methyl sites for hydroxylation is 1. The highest BCUT2D eigenvalue weighted by Gasteiger charge is 2.02. The molecule has 3 nitrogen and oxygen atoms in total. The summed E-state index contributed by atoms with van der Waals surface area (Å²) in [5.41, 5.74) is 1.18. The van der Waals surface area contributed by atoms with E-state index in [1.54, 1.807) is 6.33 Å². The van der Waals surface area contributed by atoms with Gasteiger partial charge in [0, 0.05) is 45.6 Å². The monoisotopic (exact) mass is 299 g/mol. The van der Waals surface area contributed by atoms with Gasteiger partial charge in [0.1, 0.15) is 0 Å². The van der Waals surface area contributed by atoms with Crippen molar-refractivity contribution < 1.29 is 0 Å². The first-order chi connectivity index (χ1) is 7.75. The van der Waals surface area contributed by atoms with Gasteiger partial charge in [0.25, 0.3) is 0 Å². The molecule has 2 N–H and O–H groups in total. The molecule has 0 spiro atoms. The van der Waals surface area contributed by atoms with E-state index in [2.05, 4.69) is 44.2 Å². The average Bonchev–Trinajstić information content (AvgIpc) is 2.85. The van der Waals surface area contributed by atoms with Crippen LogP contribution < -0.4 is 5.32 Å². The molecule has 2 rings (SSSR count). The fraction of sp³-hybridized carbons (Fsp3) is 0.364. The summed E-state index contributed by atoms with van der Waals surface area (Å²) in [6.07, 6.45) is 4.58. The number of hydrogen-bond acceptors (Lipinski definition) is 3. The SMILES string of the molecule is Cc1sc(CNCCc2cnc[nH]2)cc1Br. The van der Waals surface area contributed by atoms with Crippen LogP contribution in [0.1, 0.15) is 15.4 Å². The molecule has 0 aliphatic rings. The van der Waals surface area contributed by atoms with Gasteiger partial charge in [-0.3, -0.25) is 0 Å². The zero-order chi connectivity index (χ0) is 11.4. The van der Waals surface area contributed by atoms with Crippen molar-refractivity contribution in [1.29, 1.82) is 0 Å². The predicted molar refractivity (Wildman–Crippen MR) is 70.8 cm³/mol. The third kappa shape index (κ3) is 3.17. The highest BCUT2D eigenvalue weighted by molar-refractivity contribution is 9.10. The summed E-state index contributed by atoms with van der Waals surface area (Å²) in [5.74, 6) is 0. The Kier molecular flexibility index (Phi) is 4.15. The highest BCUT2D eigenvalue weighted by atomic mass is 79.9. The number of aromatic nitrogens is 2. The van der Waals surface area contributed by atoms with Gasteiger partial charge in [-0.15, -0.1) is 11.3 Å². The van der Waals surface area contributed by atoms with Gasteiger partial charge in [-0.25, -0.2) is 4.98 Å². The standard InChI is InChI=1S/C11H14BrN3S/c1-8-11(12)4-10(16-8)6-13-3-2-9-5-14-7-15-9/h4-5,7,13H,2-3,6H2,1H3,(H,14,15). The molecule has 2 aromatic heterocycles. The fourth-order valence-electron chi connectivity index (χ4n) is 1.46. The maximum Gasteiger partial charge on any atom is 0.0921 e. The topological polar surface area (TPSA) is 40.7 Å². The van der Waals surface area contributed by atoms with Crippen molar-refractivity contribution in [3.8, 4) is 0 Å². The number of aromatic amines is 1. The van der Waals surface area contributed by atoms with Crippen molar-refractivity contribution in [2.75, 3.05) is 6.54 Å². The smallest absolute Gasteiger partial charge is 0.0921 e. The lowest BCUT2D eigenvalue weighted by atomic mass is 10.3. The molecule has 0 unspecified atom stereocenters. The van der Waals surface area contributed by atoms with E-state index in [0.717, 1.165) is 19.5 Å². The summed E-state index contributed by atoms with van der Waals surface area (Å²) in [5, 5.41) is 3.42. The third-order valence-electron chi connectivity index (χ3n) is 2.33. The normalized spacial score (nSPS) is 10.9. The Labute approximate surface area is 107 Å². The second-order valence-electron chi connectivity index (χ2n) is 3.62. The minimum absolute atomic E-state index is 0.936. The van der Waals surface area contributed by atoms with Gasteiger partial charge in [-0.1, -0.05) is 0 Å². The van der Waals surface area contributed by atoms with Gasteiger partial charge < -0.3 is 10.3 Å². The number of H-pyrrole nitrogens is 1. The molecule has 0 amide bonds. The van der Waals surface area contributed by atoms with Crippen LogP contribution >= 0.6 is 27.3 Å². The Morgan fingerprint density at radius 2 is 2.44 bits per heavy atom. The van der Waals surface area contributed by atoms with Gasteiger partial charge in [0.05, 0.1) is 6.33 Å². The zero-order valence-corrected chi connectivity index (χ0v) is 11.5. The van der Waals surface area contributed by atoms with E-state index < -0.39 is 0 Å². The summed E-state index contributed by atoms with van der Waals surface area (Å²) >= 11 is 5.36. The van der Waals surface area contributed by atoms with Crippen LogP contribution in [-0.4, -0.2) is 16.5 Å². The second-order valence-corrected chi connectivity index (χ2v) is 5.82. The Hall–Kier alpha value is -0.650. The van der Waals surface area contributed by atoms with Crippen molar-refractivity contribution in [1.82, 2.24) is 15.3 Å². The van der Waals surface area contributed by atoms with Crippen LogP contribution in [0.25, 0.3) is 0 Å². The molecular formula is C11H14BrN3S. The Morgan fingerprint density at radius 1 is 1.56 bits per heavy atom. The van der Waals surface area contributed by atoms with E-state index in [1.807, 2.05) is 17.5 Å². The lowest BCUT2D eigenvalue weighted by Crippen LogP contribution is -2.16. The van der Waals surface area contributed by atoms with E-state index in [-0.39, 0.29) is 0 Å². The van der Waals surface area contributed by atoms with Gasteiger partial charge in [0.2, 0.25) is 0 Å². The van der Waals surface area contributed by atoms with Crippen LogP contribution in [0.5, 0.6) is 0 Å². The van der Waals surface area contributed by atoms with Gasteiger partial charge >= 0.3 is 0 Å². The lowest BCUT2D eigenvalue weighted by molar-refractivity contribution is 0.687. The first-order valence-corrected chi connectivity index (χ1v) is 6.79. The molecule has 86 valence electrons. The summed E-state index contributed by atoms with van der Waals surface area (Å²) in [6, 6.07) is 2.18. The van der Waals surface area contributed by atoms with Crippen LogP contribution in [0, 0.1) is 6.92 Å². The minimum Gasteiger partial charge on any atom is -0.348 e. The maximum atomic E-state index is 3.99. The molecule has 0 fully saturated rings. The molecule has 0 aliphatic carbocycles. The molecule has 0 aromatic carbocycles. The molecule has 0 saturated carbocycles. The molecule has 0 atom stereocenters. The molecule has 2 heterocycles. The predicted octanol–water partition coefficient (Wildman–Crippen LogP) is 2.87. The third-order valence-corrected chi connectivity index (χ3v) is 4.47. The minimum atomic E-state index is 0.936. The molecule has 0 bridgehead atoms. The van der Waals surface area contributed by atoms with Gasteiger partial charge in [-0.2, -0.15) is 0 Å². The molecule has 16 heavy (non-hydrogen) atoms. The van der Waals surface area contributed by atoms with E-state index in [4.69, 9.17) is 0 Å². The van der Waals surface area contributed by atoms with Crippen LogP contribution in [0.15, 0.2) is 23.1 Å². The van der Waals surface area contributed by atoms with Crippen molar-refractivity contribution >= 4 is 27.3 Å². The Balaban J connectivity index is 1.72. The summed E-state index contributed by atoms with van der Waals surface area (Å²) in [7, 11) is 0. The van der Waals surface area contributed by atoms with Crippen molar-refractivity contribution in [3.63, 3.8) is 0 Å². The lowest BCUT2D eigenvalue weighted by Gasteiger charge is -2.00. The summed E-state index contributed by atoms with van der Waals surface area (Å²) in [4.78, 5) is 9.79. The molecule has 0 saturated heterocycles. The first kappa shape index (κ1) is 11.8. The van der Waals surface area contributed by atoms with Crippen LogP contribution in [-0.2, 0) is 13.0 Å². The number of halogens is 1. The highest BCUT2D eigenvalue weighted by Crippen LogP contribution is 2.25. The molecule has 2 aromatic rings. The molecule has 5 heteroatoms. The summed E-state index contributed by atoms with van der Waals surface area (Å²) in [6.45, 7) is 4.03. The van der Waals surface area contributed by atoms with Crippen molar-refractivity contribution in [3.05, 3.63) is 38.5 Å². The number of nitrogens with zero attached hydrogens (tertiary/aromatic N) is 1. The number of hydrogen-bond donors (Lipinski definition) is 2. The molecule has 0 radical (unpaired) electrons. The van der Waals surface area contributed by atoms with E-state index in [0.29, 0.717) is 0 Å². The van der Waals surface area contributed by atoms with E-state index in [9.17, 15) is 0 Å². The number of imidazole rings is 1. The van der Waals surface area contributed by atoms with Gasteiger partial charge in [0.15, 0.2) is 0 Å². The summed E-state index contributed by atoms with van der Waals surface area (Å²) < 4.78 is 1.21. The zero-order valence-electron chi connectivity index (χ0n) is 9.09. The van der Waals surface area contributed by atoms with Gasteiger partial charge in [-0.05, 0) is 28.9 Å². The number of rotatable bonds is 5. The number of nitrogens with one attached hydrogen (secondary N) is 2. The van der Waals surface area contributed by atoms with Crippen LogP contribution in [0.3, 0.4) is 0 Å². The first-order valence-electron chi connectivity index (χ1n) is 5.18.